The minimum atomic E-state index is -0.278. The fraction of sp³-hybridized carbons (Fsp3) is 0.154. The van der Waals surface area contributed by atoms with Gasteiger partial charge >= 0.3 is 0 Å². The number of thioether (sulfide) groups is 1. The summed E-state index contributed by atoms with van der Waals surface area (Å²) in [6, 6.07) is 20.8. The molecule has 0 aliphatic carbocycles. The number of anilines is 1. The third-order valence-corrected chi connectivity index (χ3v) is 6.81. The molecule has 1 fully saturated rings. The molecule has 1 atom stereocenters. The molecule has 1 heterocycles. The van der Waals surface area contributed by atoms with Crippen molar-refractivity contribution in [2.75, 3.05) is 5.32 Å². The van der Waals surface area contributed by atoms with Gasteiger partial charge < -0.3 is 15.4 Å². The van der Waals surface area contributed by atoms with Gasteiger partial charge in [-0.15, -0.1) is 0 Å². The van der Waals surface area contributed by atoms with Crippen molar-refractivity contribution < 1.29 is 9.53 Å². The lowest BCUT2D eigenvalue weighted by atomic mass is 10.1. The number of carbonyl (C=O) groups excluding carboxylic acids is 1. The predicted octanol–water partition coefficient (Wildman–Crippen LogP) is 6.61. The Balaban J connectivity index is 1.45. The molecule has 1 amide bonds. The molecule has 0 radical (unpaired) electrons. The van der Waals surface area contributed by atoms with Gasteiger partial charge in [-0.1, -0.05) is 72.2 Å². The first-order chi connectivity index (χ1) is 16.5. The molecular weight excluding hydrogens is 489 g/mol. The standard InChI is InChI=1S/C26H21Cl2N3O2S/c1-2-16-7-9-20(10-8-16)30-26-31-25(32)23(34-26)13-17-11-21(27)24(22(28)12-17)33-15-19-6-4-3-5-18(19)14-29/h3-13,26,30H,2,15H2,1H3,(H,31,32)/b23-13-/t26-/m0/s1. The number of hydrogen-bond donors (Lipinski definition) is 2. The van der Waals surface area contributed by atoms with Gasteiger partial charge in [-0.05, 0) is 54.0 Å². The highest BCUT2D eigenvalue weighted by atomic mass is 35.5. The van der Waals surface area contributed by atoms with E-state index in [0.29, 0.717) is 31.8 Å². The fourth-order valence-corrected chi connectivity index (χ4v) is 5.01. The number of rotatable bonds is 7. The SMILES string of the molecule is CCc1ccc(N[C@H]2NC(=O)/C(=C/c3cc(Cl)c(OCc4ccccc4C#N)c(Cl)c3)S2)cc1. The maximum absolute atomic E-state index is 12.5. The average molecular weight is 510 g/mol. The first-order valence-corrected chi connectivity index (χ1v) is 12.2. The summed E-state index contributed by atoms with van der Waals surface area (Å²) in [5, 5.41) is 16.1. The number of nitrogens with one attached hydrogen (secondary N) is 2. The number of amides is 1. The van der Waals surface area contributed by atoms with Gasteiger partial charge in [0.05, 0.1) is 26.6 Å². The van der Waals surface area contributed by atoms with Crippen molar-refractivity contribution >= 4 is 52.6 Å². The zero-order valence-corrected chi connectivity index (χ0v) is 20.6. The molecule has 3 aromatic rings. The van der Waals surface area contributed by atoms with Crippen LogP contribution in [-0.4, -0.2) is 11.4 Å². The summed E-state index contributed by atoms with van der Waals surface area (Å²) in [6.45, 7) is 2.27. The molecule has 0 saturated carbocycles. The van der Waals surface area contributed by atoms with Crippen LogP contribution in [0.1, 0.15) is 29.2 Å². The number of halogens is 2. The highest BCUT2D eigenvalue weighted by Crippen LogP contribution is 2.37. The topological polar surface area (TPSA) is 74.2 Å². The Morgan fingerprint density at radius 2 is 1.85 bits per heavy atom. The van der Waals surface area contributed by atoms with Crippen LogP contribution in [0.2, 0.25) is 10.0 Å². The first kappa shape index (κ1) is 24.0. The summed E-state index contributed by atoms with van der Waals surface area (Å²) in [6.07, 6.45) is 2.72. The van der Waals surface area contributed by atoms with E-state index in [-0.39, 0.29) is 18.0 Å². The van der Waals surface area contributed by atoms with E-state index in [9.17, 15) is 10.1 Å². The third-order valence-electron chi connectivity index (χ3n) is 5.22. The van der Waals surface area contributed by atoms with Crippen LogP contribution in [-0.2, 0) is 17.8 Å². The number of nitriles is 1. The van der Waals surface area contributed by atoms with Gasteiger partial charge in [-0.2, -0.15) is 5.26 Å². The van der Waals surface area contributed by atoms with Crippen molar-refractivity contribution in [2.45, 2.75) is 25.4 Å². The maximum atomic E-state index is 12.5. The summed E-state index contributed by atoms with van der Waals surface area (Å²) >= 11 is 14.3. The minimum Gasteiger partial charge on any atom is -0.486 e. The van der Waals surface area contributed by atoms with Gasteiger partial charge in [-0.3, -0.25) is 4.79 Å². The van der Waals surface area contributed by atoms with E-state index < -0.39 is 0 Å². The second kappa shape index (κ2) is 10.9. The Bertz CT molecular complexity index is 1260. The zero-order valence-electron chi connectivity index (χ0n) is 18.3. The second-order valence-corrected chi connectivity index (χ2v) is 9.51. The lowest BCUT2D eigenvalue weighted by Gasteiger charge is -2.13. The molecule has 8 heteroatoms. The van der Waals surface area contributed by atoms with Crippen LogP contribution >= 0.6 is 35.0 Å². The Hall–Kier alpha value is -3.11. The first-order valence-electron chi connectivity index (χ1n) is 10.6. The summed E-state index contributed by atoms with van der Waals surface area (Å²) in [4.78, 5) is 13.0. The number of benzene rings is 3. The van der Waals surface area contributed by atoms with Crippen LogP contribution in [0.3, 0.4) is 0 Å². The van der Waals surface area contributed by atoms with Gasteiger partial charge in [-0.25, -0.2) is 0 Å². The van der Waals surface area contributed by atoms with Crippen LogP contribution in [0.5, 0.6) is 5.75 Å². The molecule has 34 heavy (non-hydrogen) atoms. The van der Waals surface area contributed by atoms with Crippen molar-refractivity contribution in [2.24, 2.45) is 0 Å². The van der Waals surface area contributed by atoms with Crippen molar-refractivity contribution in [3.8, 4) is 11.8 Å². The van der Waals surface area contributed by atoms with Gasteiger partial charge in [0.25, 0.3) is 5.91 Å². The van der Waals surface area contributed by atoms with Crippen molar-refractivity contribution in [3.05, 3.63) is 97.9 Å². The number of hydrogen-bond acceptors (Lipinski definition) is 5. The normalized spacial score (nSPS) is 16.2. The molecule has 1 aliphatic heterocycles. The molecular formula is C26H21Cl2N3O2S. The molecule has 0 spiro atoms. The van der Waals surface area contributed by atoms with E-state index in [4.69, 9.17) is 27.9 Å². The van der Waals surface area contributed by atoms with Gasteiger partial charge in [0, 0.05) is 11.3 Å². The van der Waals surface area contributed by atoms with E-state index in [1.54, 1.807) is 30.3 Å². The third kappa shape index (κ3) is 5.68. The zero-order chi connectivity index (χ0) is 24.1. The molecule has 4 rings (SSSR count). The van der Waals surface area contributed by atoms with Crippen molar-refractivity contribution in [1.82, 2.24) is 5.32 Å². The summed E-state index contributed by atoms with van der Waals surface area (Å²) in [5.41, 5.74) is 3.87. The Morgan fingerprint density at radius 3 is 2.53 bits per heavy atom. The van der Waals surface area contributed by atoms with E-state index in [1.165, 1.54) is 17.3 Å². The lowest BCUT2D eigenvalue weighted by molar-refractivity contribution is -0.116. The number of nitrogens with zero attached hydrogens (tertiary/aromatic N) is 1. The smallest absolute Gasteiger partial charge is 0.260 e. The highest BCUT2D eigenvalue weighted by Gasteiger charge is 2.27. The molecule has 172 valence electrons. The molecule has 0 aromatic heterocycles. The molecule has 0 bridgehead atoms. The van der Waals surface area contributed by atoms with E-state index in [0.717, 1.165) is 17.7 Å². The summed E-state index contributed by atoms with van der Waals surface area (Å²) in [7, 11) is 0. The molecule has 1 aliphatic rings. The van der Waals surface area contributed by atoms with Crippen LogP contribution in [0.15, 0.2) is 65.6 Å². The predicted molar refractivity (Wildman–Crippen MR) is 139 cm³/mol. The summed E-state index contributed by atoms with van der Waals surface area (Å²) in [5.74, 6) is 0.158. The Kier molecular flexibility index (Phi) is 7.69. The number of ether oxygens (including phenoxy) is 1. The van der Waals surface area contributed by atoms with Crippen molar-refractivity contribution in [3.63, 3.8) is 0 Å². The van der Waals surface area contributed by atoms with Gasteiger partial charge in [0.1, 0.15) is 6.61 Å². The van der Waals surface area contributed by atoms with Gasteiger partial charge in [0.2, 0.25) is 0 Å². The highest BCUT2D eigenvalue weighted by molar-refractivity contribution is 8.05. The van der Waals surface area contributed by atoms with Crippen molar-refractivity contribution in [1.29, 1.82) is 5.26 Å². The van der Waals surface area contributed by atoms with E-state index >= 15 is 0 Å². The Morgan fingerprint density at radius 1 is 1.15 bits per heavy atom. The van der Waals surface area contributed by atoms with Crippen LogP contribution < -0.4 is 15.4 Å². The molecule has 0 unspecified atom stereocenters. The van der Waals surface area contributed by atoms with E-state index in [2.05, 4.69) is 35.8 Å². The largest absolute Gasteiger partial charge is 0.486 e. The van der Waals surface area contributed by atoms with Crippen LogP contribution in [0, 0.1) is 11.3 Å². The summed E-state index contributed by atoms with van der Waals surface area (Å²) < 4.78 is 5.81. The quantitative estimate of drug-likeness (QED) is 0.350. The monoisotopic (exact) mass is 509 g/mol. The number of carbonyl (C=O) groups is 1. The molecule has 3 aromatic carbocycles. The lowest BCUT2D eigenvalue weighted by Crippen LogP contribution is -2.30. The maximum Gasteiger partial charge on any atom is 0.260 e. The molecule has 5 nitrogen and oxygen atoms in total. The Labute approximate surface area is 212 Å². The fourth-order valence-electron chi connectivity index (χ4n) is 3.41. The average Bonchev–Trinajstić information content (AvgIpc) is 3.17. The molecule has 2 N–H and O–H groups in total. The second-order valence-electron chi connectivity index (χ2n) is 7.55. The minimum absolute atomic E-state index is 0.161. The van der Waals surface area contributed by atoms with Gasteiger partial charge in [0.15, 0.2) is 11.2 Å². The van der Waals surface area contributed by atoms with Crippen LogP contribution in [0.4, 0.5) is 5.69 Å². The number of aryl methyl sites for hydroxylation is 1. The molecule has 1 saturated heterocycles. The van der Waals surface area contributed by atoms with E-state index in [1.807, 2.05) is 24.3 Å². The van der Waals surface area contributed by atoms with Crippen LogP contribution in [0.25, 0.3) is 6.08 Å².